The van der Waals surface area contributed by atoms with Crippen LogP contribution < -0.4 is 5.32 Å². The maximum Gasteiger partial charge on any atom is 0.0343 e. The minimum atomic E-state index is 0.592. The highest BCUT2D eigenvalue weighted by molar-refractivity contribution is 5.09. The second kappa shape index (κ2) is 3.46. The number of nitrogens with one attached hydrogen (secondary N) is 1. The van der Waals surface area contributed by atoms with Crippen molar-refractivity contribution in [2.24, 2.45) is 5.92 Å². The van der Waals surface area contributed by atoms with Crippen LogP contribution in [-0.2, 0) is 0 Å². The Bertz CT molecular complexity index is 270. The third-order valence-electron chi connectivity index (χ3n) is 5.82. The predicted molar refractivity (Wildman–Crippen MR) is 65.4 cm³/mol. The van der Waals surface area contributed by atoms with Crippen molar-refractivity contribution in [1.29, 1.82) is 0 Å². The van der Waals surface area contributed by atoms with Crippen molar-refractivity contribution in [3.05, 3.63) is 0 Å². The van der Waals surface area contributed by atoms with Crippen LogP contribution >= 0.6 is 0 Å². The first-order chi connectivity index (χ1) is 7.87. The van der Waals surface area contributed by atoms with E-state index < -0.39 is 0 Å². The van der Waals surface area contributed by atoms with Gasteiger partial charge in [0.25, 0.3) is 0 Å². The number of nitrogens with zero attached hydrogens (tertiary/aromatic N) is 1. The highest BCUT2D eigenvalue weighted by Crippen LogP contribution is 2.49. The first kappa shape index (κ1) is 9.90. The summed E-state index contributed by atoms with van der Waals surface area (Å²) < 4.78 is 0. The fourth-order valence-electron chi connectivity index (χ4n) is 5.28. The van der Waals surface area contributed by atoms with Gasteiger partial charge in [0.05, 0.1) is 0 Å². The van der Waals surface area contributed by atoms with Crippen LogP contribution in [0.1, 0.15) is 51.4 Å². The summed E-state index contributed by atoms with van der Waals surface area (Å²) in [6.45, 7) is 2.58. The van der Waals surface area contributed by atoms with Crippen LogP contribution in [0.3, 0.4) is 0 Å². The second-order valence-electron chi connectivity index (χ2n) is 6.69. The van der Waals surface area contributed by atoms with E-state index in [0.717, 1.165) is 18.0 Å². The van der Waals surface area contributed by atoms with Crippen LogP contribution in [0.2, 0.25) is 0 Å². The summed E-state index contributed by atoms with van der Waals surface area (Å²) in [6.07, 6.45) is 12.0. The predicted octanol–water partition coefficient (Wildman–Crippen LogP) is 2.15. The molecular weight excluding hydrogens is 196 g/mol. The average molecular weight is 220 g/mol. The molecule has 0 spiro atoms. The van der Waals surface area contributed by atoms with E-state index in [2.05, 4.69) is 10.2 Å². The average Bonchev–Trinajstić information content (AvgIpc) is 2.75. The van der Waals surface area contributed by atoms with Crippen molar-refractivity contribution in [3.8, 4) is 0 Å². The van der Waals surface area contributed by atoms with Gasteiger partial charge in [-0.15, -0.1) is 0 Å². The van der Waals surface area contributed by atoms with Gasteiger partial charge >= 0.3 is 0 Å². The largest absolute Gasteiger partial charge is 0.315 e. The van der Waals surface area contributed by atoms with Crippen LogP contribution in [-0.4, -0.2) is 35.6 Å². The van der Waals surface area contributed by atoms with Gasteiger partial charge < -0.3 is 5.32 Å². The van der Waals surface area contributed by atoms with E-state index in [-0.39, 0.29) is 0 Å². The van der Waals surface area contributed by atoms with Crippen LogP contribution in [0.4, 0.5) is 0 Å². The summed E-state index contributed by atoms with van der Waals surface area (Å²) in [4.78, 5) is 3.00. The van der Waals surface area contributed by atoms with E-state index in [0.29, 0.717) is 5.54 Å². The minimum Gasteiger partial charge on any atom is -0.315 e. The number of hydrogen-bond acceptors (Lipinski definition) is 2. The third-order valence-corrected chi connectivity index (χ3v) is 5.82. The third kappa shape index (κ3) is 1.26. The Kier molecular flexibility index (Phi) is 2.14. The van der Waals surface area contributed by atoms with Gasteiger partial charge in [-0.05, 0) is 57.4 Å². The van der Waals surface area contributed by atoms with E-state index in [4.69, 9.17) is 0 Å². The Morgan fingerprint density at radius 2 is 1.81 bits per heavy atom. The van der Waals surface area contributed by atoms with Gasteiger partial charge in [0.1, 0.15) is 0 Å². The Balaban J connectivity index is 1.64. The monoisotopic (exact) mass is 220 g/mol. The van der Waals surface area contributed by atoms with Gasteiger partial charge in [-0.3, -0.25) is 4.90 Å². The van der Waals surface area contributed by atoms with Crippen LogP contribution in [0.15, 0.2) is 0 Å². The molecule has 4 rings (SSSR count). The molecule has 1 saturated carbocycles. The van der Waals surface area contributed by atoms with Crippen LogP contribution in [0.5, 0.6) is 0 Å². The van der Waals surface area contributed by atoms with E-state index in [1.807, 2.05) is 0 Å². The maximum atomic E-state index is 3.71. The quantitative estimate of drug-likeness (QED) is 0.728. The molecule has 16 heavy (non-hydrogen) atoms. The van der Waals surface area contributed by atoms with Crippen LogP contribution in [0.25, 0.3) is 0 Å². The van der Waals surface area contributed by atoms with Gasteiger partial charge in [-0.2, -0.15) is 0 Å². The molecule has 0 aromatic heterocycles. The number of hydrogen-bond donors (Lipinski definition) is 1. The molecule has 3 heterocycles. The van der Waals surface area contributed by atoms with Crippen LogP contribution in [0, 0.1) is 5.92 Å². The number of rotatable bonds is 1. The van der Waals surface area contributed by atoms with Gasteiger partial charge in [0, 0.05) is 24.2 Å². The normalized spacial score (nSPS) is 52.1. The zero-order valence-corrected chi connectivity index (χ0v) is 10.3. The van der Waals surface area contributed by atoms with Crippen molar-refractivity contribution in [3.63, 3.8) is 0 Å². The molecule has 4 fully saturated rings. The molecule has 2 nitrogen and oxygen atoms in total. The molecule has 3 aliphatic heterocycles. The Morgan fingerprint density at radius 1 is 1.00 bits per heavy atom. The molecule has 4 bridgehead atoms. The molecule has 0 aromatic rings. The molecule has 1 N–H and O–H groups in total. The van der Waals surface area contributed by atoms with Gasteiger partial charge in [-0.1, -0.05) is 6.42 Å². The minimum absolute atomic E-state index is 0.592. The topological polar surface area (TPSA) is 15.3 Å². The lowest BCUT2D eigenvalue weighted by molar-refractivity contribution is 0.00322. The van der Waals surface area contributed by atoms with Crippen molar-refractivity contribution < 1.29 is 0 Å². The van der Waals surface area contributed by atoms with Crippen molar-refractivity contribution in [2.75, 3.05) is 13.1 Å². The number of piperidine rings is 2. The lowest BCUT2D eigenvalue weighted by Crippen LogP contribution is -2.61. The molecule has 0 amide bonds. The molecular formula is C14H24N2. The standard InChI is InChI=1S/C14H24N2/c1-2-12-4-5-13(3-1)16(12)14-7-6-11(8-14)9-15-10-14/h11-13,15H,1-10H2. The zero-order chi connectivity index (χ0) is 10.6. The van der Waals surface area contributed by atoms with Gasteiger partial charge in [-0.25, -0.2) is 0 Å². The summed E-state index contributed by atoms with van der Waals surface area (Å²) in [5, 5.41) is 3.71. The fraction of sp³-hybridized carbons (Fsp3) is 1.00. The van der Waals surface area contributed by atoms with E-state index >= 15 is 0 Å². The van der Waals surface area contributed by atoms with Crippen molar-refractivity contribution >= 4 is 0 Å². The summed E-state index contributed by atoms with van der Waals surface area (Å²) in [5.74, 6) is 0.995. The summed E-state index contributed by atoms with van der Waals surface area (Å²) in [5.41, 5.74) is 0.592. The summed E-state index contributed by atoms with van der Waals surface area (Å²) in [6, 6.07) is 1.91. The smallest absolute Gasteiger partial charge is 0.0343 e. The van der Waals surface area contributed by atoms with E-state index in [1.165, 1.54) is 64.5 Å². The molecule has 2 heteroatoms. The molecule has 0 aromatic carbocycles. The van der Waals surface area contributed by atoms with Crippen molar-refractivity contribution in [2.45, 2.75) is 69.0 Å². The van der Waals surface area contributed by atoms with E-state index in [1.54, 1.807) is 0 Å². The first-order valence-corrected chi connectivity index (χ1v) is 7.37. The Morgan fingerprint density at radius 3 is 2.62 bits per heavy atom. The number of fused-ring (bicyclic) bond motifs is 5. The van der Waals surface area contributed by atoms with Gasteiger partial charge in [0.2, 0.25) is 0 Å². The second-order valence-corrected chi connectivity index (χ2v) is 6.69. The van der Waals surface area contributed by atoms with Crippen molar-refractivity contribution in [1.82, 2.24) is 10.2 Å². The maximum absolute atomic E-state index is 3.71. The zero-order valence-electron chi connectivity index (χ0n) is 10.3. The Labute approximate surface area is 98.8 Å². The van der Waals surface area contributed by atoms with Gasteiger partial charge in [0.15, 0.2) is 0 Å². The molecule has 4 unspecified atom stereocenters. The summed E-state index contributed by atoms with van der Waals surface area (Å²) in [7, 11) is 0. The molecule has 3 saturated heterocycles. The highest BCUT2D eigenvalue weighted by Gasteiger charge is 2.52. The highest BCUT2D eigenvalue weighted by atomic mass is 15.3. The molecule has 90 valence electrons. The molecule has 4 aliphatic rings. The molecule has 1 aliphatic carbocycles. The van der Waals surface area contributed by atoms with E-state index in [9.17, 15) is 0 Å². The summed E-state index contributed by atoms with van der Waals surface area (Å²) >= 11 is 0. The molecule has 4 atom stereocenters. The molecule has 0 radical (unpaired) electrons. The first-order valence-electron chi connectivity index (χ1n) is 7.37. The lowest BCUT2D eigenvalue weighted by Gasteiger charge is -2.50. The lowest BCUT2D eigenvalue weighted by atomic mass is 9.86. The SMILES string of the molecule is C1CC2CCC(C1)N2C12CCC(CNC1)C2. The fourth-order valence-corrected chi connectivity index (χ4v) is 5.28. The Hall–Kier alpha value is -0.0800.